The molecule has 1 aromatic heterocycles. The Morgan fingerprint density at radius 2 is 2.67 bits per heavy atom. The van der Waals surface area contributed by atoms with E-state index < -0.39 is 6.09 Å². The second-order valence-corrected chi connectivity index (χ2v) is 1.37. The molecule has 0 aliphatic heterocycles. The van der Waals surface area contributed by atoms with Crippen molar-refractivity contribution in [3.8, 4) is 0 Å². The highest BCUT2D eigenvalue weighted by molar-refractivity contribution is 5.69. The van der Waals surface area contributed by atoms with Crippen LogP contribution in [0.3, 0.4) is 0 Å². The fourth-order valence-electron chi connectivity index (χ4n) is 0.429. The van der Waals surface area contributed by atoms with Gasteiger partial charge in [-0.2, -0.15) is 0 Å². The summed E-state index contributed by atoms with van der Waals surface area (Å²) in [4.78, 5) is 14.1. The van der Waals surface area contributed by atoms with Crippen molar-refractivity contribution in [3.63, 3.8) is 0 Å². The van der Waals surface area contributed by atoms with Gasteiger partial charge in [0.2, 0.25) is 0 Å². The van der Waals surface area contributed by atoms with Crippen molar-refractivity contribution in [2.75, 3.05) is 7.11 Å². The van der Waals surface area contributed by atoms with Gasteiger partial charge in [-0.25, -0.2) is 14.3 Å². The summed E-state index contributed by atoms with van der Waals surface area (Å²) in [6, 6.07) is 0. The molecule has 0 spiro atoms. The number of nitrogens with zero attached hydrogens (tertiary/aromatic N) is 2. The van der Waals surface area contributed by atoms with Crippen LogP contribution < -0.4 is 0 Å². The maximum Gasteiger partial charge on any atom is 0.419 e. The van der Waals surface area contributed by atoms with Crippen molar-refractivity contribution >= 4 is 6.09 Å². The van der Waals surface area contributed by atoms with E-state index in [0.717, 1.165) is 4.57 Å². The summed E-state index contributed by atoms with van der Waals surface area (Å²) < 4.78 is 5.47. The number of carbonyl (C=O) groups is 1. The molecule has 0 amide bonds. The molecule has 0 saturated heterocycles. The van der Waals surface area contributed by atoms with E-state index in [1.165, 1.54) is 19.5 Å². The molecule has 9 heavy (non-hydrogen) atoms. The summed E-state index contributed by atoms with van der Waals surface area (Å²) in [6.07, 6.45) is 4.82. The summed E-state index contributed by atoms with van der Waals surface area (Å²) in [6.45, 7) is 0. The molecule has 47 valence electrons. The Morgan fingerprint density at radius 3 is 3.11 bits per heavy atom. The lowest BCUT2D eigenvalue weighted by Crippen LogP contribution is -2.08. The maximum absolute atomic E-state index is 10.5. The molecule has 1 aromatic rings. The molecular formula is C5H5N2O2. The predicted molar refractivity (Wildman–Crippen MR) is 28.9 cm³/mol. The average molecular weight is 125 g/mol. The lowest BCUT2D eigenvalue weighted by atomic mass is 10.9. The van der Waals surface area contributed by atoms with Gasteiger partial charge in [0.15, 0.2) is 6.33 Å². The zero-order valence-electron chi connectivity index (χ0n) is 4.87. The van der Waals surface area contributed by atoms with Gasteiger partial charge in [-0.1, -0.05) is 0 Å². The average Bonchev–Trinajstić information content (AvgIpc) is 2.37. The van der Waals surface area contributed by atoms with E-state index in [0.29, 0.717) is 0 Å². The van der Waals surface area contributed by atoms with E-state index in [9.17, 15) is 4.79 Å². The highest BCUT2D eigenvalue weighted by Crippen LogP contribution is 1.85. The first-order valence-corrected chi connectivity index (χ1v) is 2.34. The minimum atomic E-state index is -0.479. The molecule has 0 saturated carbocycles. The standard InChI is InChI=1S/C5H5N2O2/c1-9-5(8)7-3-2-6-4-7/h2-3H,1H3. The molecule has 0 atom stereocenters. The second kappa shape index (κ2) is 2.30. The topological polar surface area (TPSA) is 44.1 Å². The van der Waals surface area contributed by atoms with E-state index in [1.807, 2.05) is 0 Å². The monoisotopic (exact) mass is 125 g/mol. The Kier molecular flexibility index (Phi) is 1.48. The lowest BCUT2D eigenvalue weighted by Gasteiger charge is -1.93. The number of rotatable bonds is 0. The minimum absolute atomic E-state index is 0.479. The molecule has 0 aromatic carbocycles. The first-order valence-electron chi connectivity index (χ1n) is 2.34. The van der Waals surface area contributed by atoms with Crippen LogP contribution >= 0.6 is 0 Å². The number of aromatic nitrogens is 2. The number of ether oxygens (including phenoxy) is 1. The summed E-state index contributed by atoms with van der Waals surface area (Å²) in [7, 11) is 1.30. The molecule has 4 heteroatoms. The van der Waals surface area contributed by atoms with E-state index in [-0.39, 0.29) is 0 Å². The summed E-state index contributed by atoms with van der Waals surface area (Å²) in [5.74, 6) is 0. The molecule has 1 rings (SSSR count). The number of hydrogen-bond donors (Lipinski definition) is 0. The normalized spacial score (nSPS) is 9.00. The number of carbonyl (C=O) groups excluding carboxylic acids is 1. The molecule has 0 N–H and O–H groups in total. The molecule has 0 unspecified atom stereocenters. The van der Waals surface area contributed by atoms with Crippen molar-refractivity contribution < 1.29 is 9.53 Å². The van der Waals surface area contributed by atoms with E-state index in [4.69, 9.17) is 0 Å². The molecule has 0 aliphatic carbocycles. The Bertz CT molecular complexity index is 193. The SMILES string of the molecule is COC(=O)n1[c]ncc1. The van der Waals surface area contributed by atoms with Crippen molar-refractivity contribution in [3.05, 3.63) is 18.7 Å². The Hall–Kier alpha value is -1.32. The third-order valence-electron chi connectivity index (χ3n) is 0.827. The first kappa shape index (κ1) is 5.81. The van der Waals surface area contributed by atoms with Crippen molar-refractivity contribution in [1.29, 1.82) is 0 Å². The lowest BCUT2D eigenvalue weighted by molar-refractivity contribution is 0.172. The Morgan fingerprint density at radius 1 is 1.89 bits per heavy atom. The van der Waals surface area contributed by atoms with Gasteiger partial charge < -0.3 is 4.74 Å². The van der Waals surface area contributed by atoms with Crippen LogP contribution in [0.5, 0.6) is 0 Å². The fraction of sp³-hybridized carbons (Fsp3) is 0.200. The van der Waals surface area contributed by atoms with Gasteiger partial charge in [0, 0.05) is 12.4 Å². The van der Waals surface area contributed by atoms with Gasteiger partial charge in [0.25, 0.3) is 0 Å². The van der Waals surface area contributed by atoms with Crippen LogP contribution in [0.4, 0.5) is 4.79 Å². The van der Waals surface area contributed by atoms with Crippen LogP contribution in [0.2, 0.25) is 0 Å². The van der Waals surface area contributed by atoms with Crippen LogP contribution in [0.25, 0.3) is 0 Å². The first-order chi connectivity index (χ1) is 4.34. The Labute approximate surface area is 52.1 Å². The van der Waals surface area contributed by atoms with Crippen molar-refractivity contribution in [1.82, 2.24) is 9.55 Å². The van der Waals surface area contributed by atoms with Crippen LogP contribution in [-0.4, -0.2) is 22.8 Å². The molecule has 4 nitrogen and oxygen atoms in total. The quantitative estimate of drug-likeness (QED) is 0.500. The number of methoxy groups -OCH3 is 1. The summed E-state index contributed by atoms with van der Waals surface area (Å²) in [5.41, 5.74) is 0. The van der Waals surface area contributed by atoms with Gasteiger partial charge in [0.05, 0.1) is 7.11 Å². The number of imidazole rings is 1. The predicted octanol–water partition coefficient (Wildman–Crippen LogP) is 0.298. The molecular weight excluding hydrogens is 120 g/mol. The molecule has 0 fully saturated rings. The highest BCUT2D eigenvalue weighted by Gasteiger charge is 1.99. The summed E-state index contributed by atoms with van der Waals surface area (Å²) >= 11 is 0. The fourth-order valence-corrected chi connectivity index (χ4v) is 0.429. The van der Waals surface area contributed by atoms with Crippen molar-refractivity contribution in [2.24, 2.45) is 0 Å². The second-order valence-electron chi connectivity index (χ2n) is 1.37. The zero-order chi connectivity index (χ0) is 6.69. The van der Waals surface area contributed by atoms with Crippen molar-refractivity contribution in [2.45, 2.75) is 0 Å². The smallest absolute Gasteiger partial charge is 0.419 e. The Balaban J connectivity index is 2.77. The van der Waals surface area contributed by atoms with Gasteiger partial charge in [0.1, 0.15) is 0 Å². The zero-order valence-corrected chi connectivity index (χ0v) is 4.87. The van der Waals surface area contributed by atoms with Gasteiger partial charge in [-0.15, -0.1) is 0 Å². The molecule has 1 radical (unpaired) electrons. The molecule has 0 bridgehead atoms. The molecule has 1 heterocycles. The highest BCUT2D eigenvalue weighted by atomic mass is 16.5. The van der Waals surface area contributed by atoms with Gasteiger partial charge in [-0.05, 0) is 0 Å². The number of hydrogen-bond acceptors (Lipinski definition) is 3. The van der Waals surface area contributed by atoms with Gasteiger partial charge in [-0.3, -0.25) is 0 Å². The largest absolute Gasteiger partial charge is 0.452 e. The van der Waals surface area contributed by atoms with Crippen LogP contribution in [-0.2, 0) is 4.74 Å². The summed E-state index contributed by atoms with van der Waals surface area (Å²) in [5, 5.41) is 0. The molecule has 0 aliphatic rings. The maximum atomic E-state index is 10.5. The third kappa shape index (κ3) is 1.07. The van der Waals surface area contributed by atoms with Gasteiger partial charge >= 0.3 is 6.09 Å². The van der Waals surface area contributed by atoms with E-state index in [2.05, 4.69) is 16.0 Å². The minimum Gasteiger partial charge on any atom is -0.452 e. The van der Waals surface area contributed by atoms with Crippen LogP contribution in [0.15, 0.2) is 12.4 Å². The van der Waals surface area contributed by atoms with Crippen LogP contribution in [0, 0.1) is 6.33 Å². The van der Waals surface area contributed by atoms with E-state index in [1.54, 1.807) is 0 Å². The van der Waals surface area contributed by atoms with E-state index >= 15 is 0 Å². The third-order valence-corrected chi connectivity index (χ3v) is 0.827. The van der Waals surface area contributed by atoms with Crippen LogP contribution in [0.1, 0.15) is 0 Å².